The van der Waals surface area contributed by atoms with E-state index in [1.165, 1.54) is 22.8 Å². The van der Waals surface area contributed by atoms with Crippen molar-refractivity contribution < 1.29 is 9.18 Å². The number of carbonyl (C=O) groups excluding carboxylic acids is 1. The molecular weight excluding hydrogens is 415 g/mol. The number of rotatable bonds is 7. The number of pyridine rings is 1. The lowest BCUT2D eigenvalue weighted by atomic mass is 9.84. The number of carbonyl (C=O) groups is 1. The molecule has 31 heavy (non-hydrogen) atoms. The number of aromatic nitrogens is 1. The fraction of sp³-hybridized carbons (Fsp3) is 0.200. The monoisotopic (exact) mass is 438 g/mol. The molecule has 0 saturated heterocycles. The molecule has 0 aliphatic carbocycles. The zero-order valence-electron chi connectivity index (χ0n) is 17.5. The van der Waals surface area contributed by atoms with Crippen LogP contribution in [0.2, 0.25) is 5.02 Å². The molecule has 1 atom stereocenters. The molecule has 3 rings (SSSR count). The molecule has 4 nitrogen and oxygen atoms in total. The summed E-state index contributed by atoms with van der Waals surface area (Å²) in [6.45, 7) is 6.39. The molecule has 0 saturated carbocycles. The van der Waals surface area contributed by atoms with Gasteiger partial charge in [0.15, 0.2) is 0 Å². The van der Waals surface area contributed by atoms with E-state index in [-0.39, 0.29) is 17.0 Å². The van der Waals surface area contributed by atoms with Crippen molar-refractivity contribution in [1.82, 2.24) is 9.88 Å². The molecule has 3 aromatic rings. The lowest BCUT2D eigenvalue weighted by Gasteiger charge is -2.21. The summed E-state index contributed by atoms with van der Waals surface area (Å²) >= 11 is 6.47. The fourth-order valence-corrected chi connectivity index (χ4v) is 3.79. The number of halogens is 2. The summed E-state index contributed by atoms with van der Waals surface area (Å²) in [6, 6.07) is 15.2. The van der Waals surface area contributed by atoms with Gasteiger partial charge in [-0.3, -0.25) is 9.59 Å². The number of hydrogen-bond acceptors (Lipinski definition) is 2. The molecule has 0 fully saturated rings. The quantitative estimate of drug-likeness (QED) is 0.553. The van der Waals surface area contributed by atoms with E-state index in [0.29, 0.717) is 23.6 Å². The predicted molar refractivity (Wildman–Crippen MR) is 123 cm³/mol. The molecule has 1 heterocycles. The Hall–Kier alpha value is -3.18. The van der Waals surface area contributed by atoms with Crippen LogP contribution >= 0.6 is 11.6 Å². The molecule has 0 spiro atoms. The van der Waals surface area contributed by atoms with Crippen LogP contribution in [0.5, 0.6) is 0 Å². The molecule has 0 aliphatic rings. The highest BCUT2D eigenvalue weighted by Gasteiger charge is 2.21. The topological polar surface area (TPSA) is 51.1 Å². The number of amides is 1. The largest absolute Gasteiger partial charge is 0.352 e. The summed E-state index contributed by atoms with van der Waals surface area (Å²) in [4.78, 5) is 23.8. The minimum absolute atomic E-state index is 0.000365. The van der Waals surface area contributed by atoms with Crippen molar-refractivity contribution in [2.45, 2.75) is 19.3 Å². The van der Waals surface area contributed by atoms with E-state index in [4.69, 9.17) is 11.6 Å². The van der Waals surface area contributed by atoms with Crippen molar-refractivity contribution in [3.05, 3.63) is 111 Å². The van der Waals surface area contributed by atoms with Gasteiger partial charge in [-0.1, -0.05) is 42.4 Å². The van der Waals surface area contributed by atoms with E-state index in [9.17, 15) is 14.0 Å². The Morgan fingerprint density at radius 2 is 1.94 bits per heavy atom. The lowest BCUT2D eigenvalue weighted by Crippen LogP contribution is -2.23. The van der Waals surface area contributed by atoms with E-state index < -0.39 is 11.7 Å². The van der Waals surface area contributed by atoms with Crippen LogP contribution in [-0.2, 0) is 7.05 Å². The normalized spacial score (nSPS) is 11.7. The van der Waals surface area contributed by atoms with E-state index in [1.807, 2.05) is 18.2 Å². The van der Waals surface area contributed by atoms with E-state index in [2.05, 4.69) is 11.9 Å². The highest BCUT2D eigenvalue weighted by atomic mass is 35.5. The number of allylic oxidation sites excluding steroid dienone is 1. The first-order valence-corrected chi connectivity index (χ1v) is 10.4. The van der Waals surface area contributed by atoms with Gasteiger partial charge < -0.3 is 9.88 Å². The van der Waals surface area contributed by atoms with Crippen LogP contribution in [0, 0.1) is 5.82 Å². The minimum Gasteiger partial charge on any atom is -0.352 e. The third kappa shape index (κ3) is 5.12. The number of benzene rings is 2. The van der Waals surface area contributed by atoms with Crippen LogP contribution in [0.25, 0.3) is 5.57 Å². The minimum atomic E-state index is -0.590. The zero-order chi connectivity index (χ0) is 22.5. The molecule has 0 aliphatic heterocycles. The maximum Gasteiger partial charge on any atom is 0.254 e. The van der Waals surface area contributed by atoms with Gasteiger partial charge in [0.2, 0.25) is 5.56 Å². The Labute approximate surface area is 186 Å². The molecule has 1 aromatic heterocycles. The zero-order valence-corrected chi connectivity index (χ0v) is 18.2. The van der Waals surface area contributed by atoms with Crippen LogP contribution in [0.15, 0.2) is 72.2 Å². The average molecular weight is 439 g/mol. The Morgan fingerprint density at radius 1 is 1.19 bits per heavy atom. The van der Waals surface area contributed by atoms with Crippen LogP contribution in [-0.4, -0.2) is 17.0 Å². The van der Waals surface area contributed by atoms with Crippen molar-refractivity contribution in [3.63, 3.8) is 0 Å². The van der Waals surface area contributed by atoms with Crippen LogP contribution in [0.4, 0.5) is 4.39 Å². The summed E-state index contributed by atoms with van der Waals surface area (Å²) in [5.74, 6) is -1.32. The molecule has 1 unspecified atom stereocenters. The SMILES string of the molecule is C=C(CC(c1ccc(C(=O)NCC)c(F)c1)c1ccccc1Cl)c1ccc(=O)n(C)c1. The number of nitrogens with one attached hydrogen (secondary N) is 1. The first kappa shape index (κ1) is 22.5. The molecule has 0 radical (unpaired) electrons. The molecule has 1 amide bonds. The number of aryl methyl sites for hydroxylation is 1. The second-order valence-corrected chi connectivity index (χ2v) is 7.75. The van der Waals surface area contributed by atoms with Crippen molar-refractivity contribution in [2.75, 3.05) is 6.54 Å². The Balaban J connectivity index is 2.01. The highest BCUT2D eigenvalue weighted by Crippen LogP contribution is 2.37. The van der Waals surface area contributed by atoms with Gasteiger partial charge in [0.05, 0.1) is 5.56 Å². The van der Waals surface area contributed by atoms with Crippen LogP contribution < -0.4 is 10.9 Å². The van der Waals surface area contributed by atoms with Gasteiger partial charge in [-0.05, 0) is 59.9 Å². The van der Waals surface area contributed by atoms with Gasteiger partial charge in [-0.2, -0.15) is 0 Å². The molecular formula is C25H24ClFN2O2. The van der Waals surface area contributed by atoms with Gasteiger partial charge >= 0.3 is 0 Å². The molecule has 160 valence electrons. The number of hydrogen-bond donors (Lipinski definition) is 1. The van der Waals surface area contributed by atoms with E-state index >= 15 is 0 Å². The second-order valence-electron chi connectivity index (χ2n) is 7.35. The standard InChI is InChI=1S/C25H24ClFN2O2/c1-4-28-25(31)20-11-9-17(14-23(20)27)21(19-7-5-6-8-22(19)26)13-16(2)18-10-12-24(30)29(3)15-18/h5-12,14-15,21H,2,4,13H2,1,3H3,(H,28,31). The maximum atomic E-state index is 14.8. The average Bonchev–Trinajstić information content (AvgIpc) is 2.74. The Morgan fingerprint density at radius 3 is 2.58 bits per heavy atom. The van der Waals surface area contributed by atoms with Gasteiger partial charge in [-0.25, -0.2) is 4.39 Å². The first-order valence-electron chi connectivity index (χ1n) is 9.98. The molecule has 6 heteroatoms. The third-order valence-corrected chi connectivity index (χ3v) is 5.55. The fourth-order valence-electron chi connectivity index (χ4n) is 3.52. The molecule has 2 aromatic carbocycles. The summed E-state index contributed by atoms with van der Waals surface area (Å²) in [5, 5.41) is 3.18. The number of nitrogens with zero attached hydrogens (tertiary/aromatic N) is 1. The summed E-state index contributed by atoms with van der Waals surface area (Å²) in [7, 11) is 1.68. The van der Waals surface area contributed by atoms with Crippen molar-refractivity contribution >= 4 is 23.1 Å². The van der Waals surface area contributed by atoms with E-state index in [0.717, 1.165) is 16.7 Å². The van der Waals surface area contributed by atoms with Gasteiger partial charge in [0.25, 0.3) is 5.91 Å². The highest BCUT2D eigenvalue weighted by molar-refractivity contribution is 6.31. The second kappa shape index (κ2) is 9.75. The summed E-state index contributed by atoms with van der Waals surface area (Å²) in [5.41, 5.74) is 3.01. The van der Waals surface area contributed by atoms with Gasteiger partial charge in [0.1, 0.15) is 5.82 Å². The molecule has 1 N–H and O–H groups in total. The summed E-state index contributed by atoms with van der Waals surface area (Å²) < 4.78 is 16.3. The van der Waals surface area contributed by atoms with Crippen LogP contribution in [0.1, 0.15) is 46.3 Å². The smallest absolute Gasteiger partial charge is 0.254 e. The lowest BCUT2D eigenvalue weighted by molar-refractivity contribution is 0.0952. The summed E-state index contributed by atoms with van der Waals surface area (Å²) in [6.07, 6.45) is 2.19. The van der Waals surface area contributed by atoms with Gasteiger partial charge in [-0.15, -0.1) is 0 Å². The van der Waals surface area contributed by atoms with Crippen LogP contribution in [0.3, 0.4) is 0 Å². The maximum absolute atomic E-state index is 14.8. The van der Waals surface area contributed by atoms with Crippen molar-refractivity contribution in [2.24, 2.45) is 7.05 Å². The van der Waals surface area contributed by atoms with Crippen molar-refractivity contribution in [3.8, 4) is 0 Å². The molecule has 0 bridgehead atoms. The van der Waals surface area contributed by atoms with E-state index in [1.54, 1.807) is 38.4 Å². The van der Waals surface area contributed by atoms with Crippen molar-refractivity contribution in [1.29, 1.82) is 0 Å². The Kier molecular flexibility index (Phi) is 7.08. The Bertz CT molecular complexity index is 1190. The predicted octanol–water partition coefficient (Wildman–Crippen LogP) is 5.16. The van der Waals surface area contributed by atoms with Gasteiger partial charge in [0, 0.05) is 36.8 Å². The first-order chi connectivity index (χ1) is 14.8. The third-order valence-electron chi connectivity index (χ3n) is 5.20.